The Morgan fingerprint density at radius 1 is 1.31 bits per heavy atom. The third kappa shape index (κ3) is 3.98. The summed E-state index contributed by atoms with van der Waals surface area (Å²) in [5.41, 5.74) is -0.553. The normalized spacial score (nSPS) is 30.9. The molecular weight excluding hydrogens is 210 g/mol. The molecule has 5 heteroatoms. The van der Waals surface area contributed by atoms with Crippen LogP contribution in [0, 0.1) is 0 Å². The van der Waals surface area contributed by atoms with Crippen LogP contribution in [-0.2, 0) is 4.74 Å². The van der Waals surface area contributed by atoms with Crippen LogP contribution in [-0.4, -0.2) is 40.2 Å². The minimum Gasteiger partial charge on any atom is -0.444 e. The van der Waals surface area contributed by atoms with Gasteiger partial charge in [-0.3, -0.25) is 0 Å². The van der Waals surface area contributed by atoms with Crippen molar-refractivity contribution in [3.8, 4) is 0 Å². The lowest BCUT2D eigenvalue weighted by molar-refractivity contribution is -0.0321. The van der Waals surface area contributed by atoms with Gasteiger partial charge in [0.1, 0.15) is 11.7 Å². The van der Waals surface area contributed by atoms with E-state index in [0.29, 0.717) is 12.8 Å². The maximum absolute atomic E-state index is 11.5. The van der Waals surface area contributed by atoms with Crippen molar-refractivity contribution in [2.75, 3.05) is 0 Å². The summed E-state index contributed by atoms with van der Waals surface area (Å²) in [4.78, 5) is 11.5. The molecule has 1 rings (SSSR count). The molecule has 94 valence electrons. The van der Waals surface area contributed by atoms with Crippen LogP contribution >= 0.6 is 0 Å². The summed E-state index contributed by atoms with van der Waals surface area (Å²) in [7, 11) is 0. The van der Waals surface area contributed by atoms with Crippen LogP contribution in [0.4, 0.5) is 4.79 Å². The summed E-state index contributed by atoms with van der Waals surface area (Å²) < 4.78 is 5.08. The number of carbonyl (C=O) groups is 1. The first kappa shape index (κ1) is 13.3. The molecule has 1 amide bonds. The second-order valence-electron chi connectivity index (χ2n) is 5.24. The van der Waals surface area contributed by atoms with E-state index >= 15 is 0 Å². The van der Waals surface area contributed by atoms with Crippen molar-refractivity contribution < 1.29 is 19.7 Å². The average molecular weight is 231 g/mol. The van der Waals surface area contributed by atoms with Crippen LogP contribution in [0.5, 0.6) is 0 Å². The summed E-state index contributed by atoms with van der Waals surface area (Å²) in [6, 6.07) is -0.418. The van der Waals surface area contributed by atoms with Gasteiger partial charge in [0.05, 0.1) is 12.1 Å². The molecule has 0 spiro atoms. The maximum Gasteiger partial charge on any atom is 0.407 e. The van der Waals surface area contributed by atoms with Crippen molar-refractivity contribution in [2.24, 2.45) is 0 Å². The van der Waals surface area contributed by atoms with E-state index in [1.165, 1.54) is 0 Å². The van der Waals surface area contributed by atoms with E-state index in [2.05, 4.69) is 5.32 Å². The number of amides is 1. The van der Waals surface area contributed by atoms with Gasteiger partial charge in [0, 0.05) is 0 Å². The highest BCUT2D eigenvalue weighted by atomic mass is 16.6. The molecule has 1 aliphatic rings. The fourth-order valence-corrected chi connectivity index (χ4v) is 1.77. The van der Waals surface area contributed by atoms with Crippen LogP contribution in [0.25, 0.3) is 0 Å². The van der Waals surface area contributed by atoms with Crippen molar-refractivity contribution in [3.63, 3.8) is 0 Å². The number of nitrogens with one attached hydrogen (secondary N) is 1. The van der Waals surface area contributed by atoms with Gasteiger partial charge in [-0.05, 0) is 40.0 Å². The Balaban J connectivity index is 2.44. The highest BCUT2D eigenvalue weighted by Gasteiger charge is 2.32. The largest absolute Gasteiger partial charge is 0.444 e. The number of hydrogen-bond acceptors (Lipinski definition) is 4. The second kappa shape index (κ2) is 5.01. The van der Waals surface area contributed by atoms with Crippen LogP contribution in [0.2, 0.25) is 0 Å². The van der Waals surface area contributed by atoms with Gasteiger partial charge in [0.15, 0.2) is 0 Å². The molecule has 1 saturated carbocycles. The van der Waals surface area contributed by atoms with Gasteiger partial charge < -0.3 is 20.3 Å². The van der Waals surface area contributed by atoms with Crippen molar-refractivity contribution >= 4 is 6.09 Å². The molecule has 0 saturated heterocycles. The molecule has 1 aliphatic carbocycles. The predicted octanol–water partition coefficient (Wildman–Crippen LogP) is 0.785. The highest BCUT2D eigenvalue weighted by Crippen LogP contribution is 2.19. The average Bonchev–Trinajstić information content (AvgIpc) is 2.09. The lowest BCUT2D eigenvalue weighted by atomic mass is 9.90. The van der Waals surface area contributed by atoms with E-state index in [0.717, 1.165) is 6.42 Å². The summed E-state index contributed by atoms with van der Waals surface area (Å²) in [6.07, 6.45) is -0.176. The van der Waals surface area contributed by atoms with E-state index in [1.54, 1.807) is 20.8 Å². The molecule has 1 fully saturated rings. The number of alkyl carbamates (subject to hydrolysis) is 1. The smallest absolute Gasteiger partial charge is 0.407 e. The molecule has 3 unspecified atom stereocenters. The zero-order valence-electron chi connectivity index (χ0n) is 10.1. The van der Waals surface area contributed by atoms with Gasteiger partial charge in [-0.25, -0.2) is 4.79 Å². The molecule has 3 N–H and O–H groups in total. The number of rotatable bonds is 1. The van der Waals surface area contributed by atoms with Gasteiger partial charge >= 0.3 is 6.09 Å². The van der Waals surface area contributed by atoms with Crippen molar-refractivity contribution in [2.45, 2.75) is 63.9 Å². The van der Waals surface area contributed by atoms with E-state index in [4.69, 9.17) is 4.74 Å². The molecule has 0 heterocycles. The van der Waals surface area contributed by atoms with E-state index in [-0.39, 0.29) is 0 Å². The first-order chi connectivity index (χ1) is 7.29. The van der Waals surface area contributed by atoms with Crippen molar-refractivity contribution in [1.82, 2.24) is 5.32 Å². The predicted molar refractivity (Wildman–Crippen MR) is 59.0 cm³/mol. The van der Waals surface area contributed by atoms with Gasteiger partial charge in [-0.15, -0.1) is 0 Å². The molecule has 0 aromatic rings. The van der Waals surface area contributed by atoms with E-state index in [9.17, 15) is 15.0 Å². The van der Waals surface area contributed by atoms with Gasteiger partial charge in [0.2, 0.25) is 0 Å². The highest BCUT2D eigenvalue weighted by molar-refractivity contribution is 5.68. The Labute approximate surface area is 95.8 Å². The number of aliphatic hydroxyl groups excluding tert-OH is 2. The zero-order chi connectivity index (χ0) is 12.3. The monoisotopic (exact) mass is 231 g/mol. The third-order valence-corrected chi connectivity index (χ3v) is 2.52. The molecule has 0 aliphatic heterocycles. The molecule has 3 atom stereocenters. The lowest BCUT2D eigenvalue weighted by Gasteiger charge is -2.32. The summed E-state index contributed by atoms with van der Waals surface area (Å²) in [6.45, 7) is 5.33. The number of aliphatic hydroxyl groups is 2. The zero-order valence-corrected chi connectivity index (χ0v) is 10.1. The topological polar surface area (TPSA) is 78.8 Å². The Bertz CT molecular complexity index is 249. The summed E-state index contributed by atoms with van der Waals surface area (Å²) in [5, 5.41) is 21.7. The standard InChI is InChI=1S/C11H21NO4/c1-11(2,3)16-10(15)12-7-5-4-6-8(13)9(7)14/h7-9,13-14H,4-6H2,1-3H3,(H,12,15). The Morgan fingerprint density at radius 2 is 1.94 bits per heavy atom. The Hall–Kier alpha value is -0.810. The quantitative estimate of drug-likeness (QED) is 0.623. The molecule has 16 heavy (non-hydrogen) atoms. The second-order valence-corrected chi connectivity index (χ2v) is 5.24. The Morgan fingerprint density at radius 3 is 2.50 bits per heavy atom. The molecule has 5 nitrogen and oxygen atoms in total. The van der Waals surface area contributed by atoms with Crippen LogP contribution < -0.4 is 5.32 Å². The van der Waals surface area contributed by atoms with E-state index in [1.807, 2.05) is 0 Å². The maximum atomic E-state index is 11.5. The van der Waals surface area contributed by atoms with Crippen molar-refractivity contribution in [3.05, 3.63) is 0 Å². The molecule has 0 aromatic heterocycles. The van der Waals surface area contributed by atoms with Crippen LogP contribution in [0.3, 0.4) is 0 Å². The van der Waals surface area contributed by atoms with Crippen molar-refractivity contribution in [1.29, 1.82) is 0 Å². The van der Waals surface area contributed by atoms with Gasteiger partial charge in [-0.1, -0.05) is 0 Å². The fraction of sp³-hybridized carbons (Fsp3) is 0.909. The van der Waals surface area contributed by atoms with Crippen LogP contribution in [0.15, 0.2) is 0 Å². The fourth-order valence-electron chi connectivity index (χ4n) is 1.77. The first-order valence-electron chi connectivity index (χ1n) is 5.65. The number of ether oxygens (including phenoxy) is 1. The minimum absolute atomic E-state index is 0.418. The first-order valence-corrected chi connectivity index (χ1v) is 5.65. The summed E-state index contributed by atoms with van der Waals surface area (Å²) in [5.74, 6) is 0. The molecule has 0 bridgehead atoms. The lowest BCUT2D eigenvalue weighted by Crippen LogP contribution is -2.51. The number of hydrogen-bond donors (Lipinski definition) is 3. The molecular formula is C11H21NO4. The van der Waals surface area contributed by atoms with Crippen LogP contribution in [0.1, 0.15) is 40.0 Å². The number of carbonyl (C=O) groups excluding carboxylic acids is 1. The Kier molecular flexibility index (Phi) is 4.15. The SMILES string of the molecule is CC(C)(C)OC(=O)NC1CCCC(O)C1O. The van der Waals surface area contributed by atoms with Gasteiger partial charge in [-0.2, -0.15) is 0 Å². The van der Waals surface area contributed by atoms with E-state index < -0.39 is 29.9 Å². The van der Waals surface area contributed by atoms with Gasteiger partial charge in [0.25, 0.3) is 0 Å². The molecule has 0 radical (unpaired) electrons. The molecule has 0 aromatic carbocycles. The minimum atomic E-state index is -0.902. The third-order valence-electron chi connectivity index (χ3n) is 2.52. The summed E-state index contributed by atoms with van der Waals surface area (Å²) >= 11 is 0.